The lowest BCUT2D eigenvalue weighted by atomic mass is 10.1. The first-order chi connectivity index (χ1) is 12.6. The smallest absolute Gasteiger partial charge is 0.297 e. The molecule has 2 aromatic rings. The molecule has 0 atom stereocenters. The third-order valence-corrected chi connectivity index (χ3v) is 4.50. The van der Waals surface area contributed by atoms with Crippen LogP contribution in [0.2, 0.25) is 0 Å². The Morgan fingerprint density at radius 2 is 1.65 bits per heavy atom. The molecule has 144 valence electrons. The summed E-state index contributed by atoms with van der Waals surface area (Å²) in [5.41, 5.74) is 0.586. The summed E-state index contributed by atoms with van der Waals surface area (Å²) in [4.78, 5) is 12.7. The normalized spacial score (nSPS) is 10.9. The number of hydrogen-bond acceptors (Lipinski definition) is 4. The second-order valence-electron chi connectivity index (χ2n) is 6.52. The molecule has 0 amide bonds. The van der Waals surface area contributed by atoms with Crippen molar-refractivity contribution in [3.05, 3.63) is 28.6 Å². The van der Waals surface area contributed by atoms with Gasteiger partial charge in [0.05, 0.1) is 25.8 Å². The summed E-state index contributed by atoms with van der Waals surface area (Å²) in [5.74, 6) is 1.55. The monoisotopic (exact) mass is 361 g/mol. The number of pyridine rings is 1. The number of ether oxygens (including phenoxy) is 3. The highest BCUT2D eigenvalue weighted by molar-refractivity contribution is 5.89. The Hall–Kier alpha value is -2.17. The standard InChI is InChI=1S/C21H31NO4/c1-5-7-9-10-14-26-19-17-12-11-16(25-13-8-6-2)15-18(17)22(3)21(23)20(19)24-4/h11-12,15H,5-10,13-14H2,1-4H3. The Balaban J connectivity index is 2.35. The molecule has 2 rings (SSSR count). The van der Waals surface area contributed by atoms with Gasteiger partial charge in [0.1, 0.15) is 5.75 Å². The van der Waals surface area contributed by atoms with Crippen LogP contribution in [-0.4, -0.2) is 24.9 Å². The lowest BCUT2D eigenvalue weighted by Crippen LogP contribution is -2.20. The average molecular weight is 361 g/mol. The van der Waals surface area contributed by atoms with Crippen LogP contribution in [0, 0.1) is 0 Å². The molecular weight excluding hydrogens is 330 g/mol. The maximum absolute atomic E-state index is 12.7. The largest absolute Gasteiger partial charge is 0.494 e. The van der Waals surface area contributed by atoms with Gasteiger partial charge in [0.15, 0.2) is 5.75 Å². The first kappa shape index (κ1) is 20.1. The van der Waals surface area contributed by atoms with Crippen molar-refractivity contribution in [1.29, 1.82) is 0 Å². The van der Waals surface area contributed by atoms with Gasteiger partial charge < -0.3 is 18.8 Å². The van der Waals surface area contributed by atoms with Gasteiger partial charge in [-0.25, -0.2) is 0 Å². The predicted molar refractivity (Wildman–Crippen MR) is 106 cm³/mol. The molecule has 1 aromatic carbocycles. The first-order valence-corrected chi connectivity index (χ1v) is 9.60. The van der Waals surface area contributed by atoms with Crippen LogP contribution in [0.3, 0.4) is 0 Å². The van der Waals surface area contributed by atoms with Crippen molar-refractivity contribution in [3.63, 3.8) is 0 Å². The molecule has 0 aliphatic rings. The van der Waals surface area contributed by atoms with Gasteiger partial charge in [-0.1, -0.05) is 39.5 Å². The molecule has 0 radical (unpaired) electrons. The highest BCUT2D eigenvalue weighted by atomic mass is 16.5. The average Bonchev–Trinajstić information content (AvgIpc) is 2.65. The number of rotatable bonds is 11. The number of fused-ring (bicyclic) bond motifs is 1. The Bertz CT molecular complexity index is 767. The van der Waals surface area contributed by atoms with Crippen LogP contribution in [0.25, 0.3) is 10.9 Å². The van der Waals surface area contributed by atoms with Crippen molar-refractivity contribution in [2.24, 2.45) is 7.05 Å². The van der Waals surface area contributed by atoms with Crippen molar-refractivity contribution in [2.75, 3.05) is 20.3 Å². The van der Waals surface area contributed by atoms with Crippen LogP contribution < -0.4 is 19.8 Å². The van der Waals surface area contributed by atoms with Crippen LogP contribution in [0.1, 0.15) is 52.4 Å². The fourth-order valence-corrected chi connectivity index (χ4v) is 2.91. The molecule has 0 fully saturated rings. The molecule has 5 nitrogen and oxygen atoms in total. The molecule has 0 spiro atoms. The zero-order valence-corrected chi connectivity index (χ0v) is 16.5. The molecule has 1 heterocycles. The SMILES string of the molecule is CCCCCCOc1c(OC)c(=O)n(C)c2cc(OCCCC)ccc12. The number of aromatic nitrogens is 1. The van der Waals surface area contributed by atoms with E-state index < -0.39 is 0 Å². The van der Waals surface area contributed by atoms with Gasteiger partial charge in [-0.2, -0.15) is 0 Å². The van der Waals surface area contributed by atoms with E-state index in [4.69, 9.17) is 14.2 Å². The molecule has 0 aliphatic heterocycles. The topological polar surface area (TPSA) is 49.7 Å². The quantitative estimate of drug-likeness (QED) is 0.545. The number of nitrogens with zero attached hydrogens (tertiary/aromatic N) is 1. The van der Waals surface area contributed by atoms with Crippen LogP contribution in [0.4, 0.5) is 0 Å². The van der Waals surface area contributed by atoms with E-state index in [1.807, 2.05) is 18.2 Å². The minimum atomic E-state index is -0.200. The Morgan fingerprint density at radius 1 is 0.923 bits per heavy atom. The summed E-state index contributed by atoms with van der Waals surface area (Å²) < 4.78 is 18.7. The van der Waals surface area contributed by atoms with Crippen LogP contribution in [0.15, 0.2) is 23.0 Å². The van der Waals surface area contributed by atoms with Crippen LogP contribution in [-0.2, 0) is 7.05 Å². The second-order valence-corrected chi connectivity index (χ2v) is 6.52. The number of hydrogen-bond donors (Lipinski definition) is 0. The predicted octanol–water partition coefficient (Wildman–Crippen LogP) is 4.69. The third-order valence-electron chi connectivity index (χ3n) is 4.50. The summed E-state index contributed by atoms with van der Waals surface area (Å²) in [6.45, 7) is 5.56. The molecule has 26 heavy (non-hydrogen) atoms. The van der Waals surface area contributed by atoms with Gasteiger partial charge in [-0.05, 0) is 25.0 Å². The second kappa shape index (κ2) is 10.1. The van der Waals surface area contributed by atoms with Gasteiger partial charge in [-0.3, -0.25) is 4.79 Å². The Labute approximate surface area is 155 Å². The highest BCUT2D eigenvalue weighted by Crippen LogP contribution is 2.34. The van der Waals surface area contributed by atoms with E-state index in [1.165, 1.54) is 20.0 Å². The molecule has 0 aliphatic carbocycles. The van der Waals surface area contributed by atoms with Crippen LogP contribution in [0.5, 0.6) is 17.2 Å². The fraction of sp³-hybridized carbons (Fsp3) is 0.571. The number of benzene rings is 1. The van der Waals surface area contributed by atoms with Crippen molar-refractivity contribution in [3.8, 4) is 17.2 Å². The molecule has 0 saturated heterocycles. The van der Waals surface area contributed by atoms with Gasteiger partial charge in [0.25, 0.3) is 5.56 Å². The van der Waals surface area contributed by atoms with Crippen molar-refractivity contribution in [2.45, 2.75) is 52.4 Å². The summed E-state index contributed by atoms with van der Waals surface area (Å²) in [7, 11) is 3.25. The number of aryl methyl sites for hydroxylation is 1. The van der Waals surface area contributed by atoms with E-state index in [-0.39, 0.29) is 11.3 Å². The molecule has 0 saturated carbocycles. The lowest BCUT2D eigenvalue weighted by molar-refractivity contribution is 0.286. The zero-order chi connectivity index (χ0) is 18.9. The molecule has 1 aromatic heterocycles. The van der Waals surface area contributed by atoms with Crippen molar-refractivity contribution < 1.29 is 14.2 Å². The van der Waals surface area contributed by atoms with Crippen LogP contribution >= 0.6 is 0 Å². The summed E-state index contributed by atoms with van der Waals surface area (Å²) in [5, 5.41) is 0.863. The van der Waals surface area contributed by atoms with Gasteiger partial charge in [0.2, 0.25) is 5.75 Å². The Morgan fingerprint density at radius 3 is 2.35 bits per heavy atom. The lowest BCUT2D eigenvalue weighted by Gasteiger charge is -2.16. The van der Waals surface area contributed by atoms with E-state index in [1.54, 1.807) is 11.6 Å². The van der Waals surface area contributed by atoms with Gasteiger partial charge in [0, 0.05) is 18.5 Å². The zero-order valence-electron chi connectivity index (χ0n) is 16.5. The van der Waals surface area contributed by atoms with E-state index in [9.17, 15) is 4.79 Å². The number of methoxy groups -OCH3 is 1. The Kier molecular flexibility index (Phi) is 7.82. The molecule has 0 unspecified atom stereocenters. The van der Waals surface area contributed by atoms with Gasteiger partial charge >= 0.3 is 0 Å². The van der Waals surface area contributed by atoms with Gasteiger partial charge in [-0.15, -0.1) is 0 Å². The summed E-state index contributed by atoms with van der Waals surface area (Å²) in [6.07, 6.45) is 6.54. The molecule has 0 N–H and O–H groups in total. The van der Waals surface area contributed by atoms with E-state index in [2.05, 4.69) is 13.8 Å². The van der Waals surface area contributed by atoms with E-state index in [0.29, 0.717) is 19.0 Å². The summed E-state index contributed by atoms with van der Waals surface area (Å²) in [6, 6.07) is 5.77. The molecule has 5 heteroatoms. The minimum Gasteiger partial charge on any atom is -0.494 e. The summed E-state index contributed by atoms with van der Waals surface area (Å²) >= 11 is 0. The van der Waals surface area contributed by atoms with Crippen molar-refractivity contribution in [1.82, 2.24) is 4.57 Å². The minimum absolute atomic E-state index is 0.200. The fourth-order valence-electron chi connectivity index (χ4n) is 2.91. The van der Waals surface area contributed by atoms with Crippen molar-refractivity contribution >= 4 is 10.9 Å². The maximum atomic E-state index is 12.7. The van der Waals surface area contributed by atoms with E-state index in [0.717, 1.165) is 42.3 Å². The number of unbranched alkanes of at least 4 members (excludes halogenated alkanes) is 4. The maximum Gasteiger partial charge on any atom is 0.297 e. The third kappa shape index (κ3) is 4.71. The molecular formula is C21H31NO4. The van der Waals surface area contributed by atoms with E-state index >= 15 is 0 Å². The first-order valence-electron chi connectivity index (χ1n) is 9.60. The highest BCUT2D eigenvalue weighted by Gasteiger charge is 2.18. The molecule has 0 bridgehead atoms.